The molecule has 0 bridgehead atoms. The maximum absolute atomic E-state index is 12.0. The Hall–Kier alpha value is -2.77. The summed E-state index contributed by atoms with van der Waals surface area (Å²) in [6.45, 7) is 2.31. The highest BCUT2D eigenvalue weighted by Gasteiger charge is 2.36. The van der Waals surface area contributed by atoms with Crippen LogP contribution in [0.3, 0.4) is 0 Å². The number of hydrogen-bond acceptors (Lipinski definition) is 8. The van der Waals surface area contributed by atoms with E-state index in [2.05, 4.69) is 4.74 Å². The van der Waals surface area contributed by atoms with E-state index < -0.39 is 30.1 Å². The minimum Gasteiger partial charge on any atom is -0.493 e. The summed E-state index contributed by atoms with van der Waals surface area (Å²) in [4.78, 5) is 34.7. The Kier molecular flexibility index (Phi) is 7.03. The van der Waals surface area contributed by atoms with Crippen LogP contribution in [0.1, 0.15) is 25.5 Å². The van der Waals surface area contributed by atoms with Gasteiger partial charge in [-0.2, -0.15) is 0 Å². The van der Waals surface area contributed by atoms with Crippen LogP contribution in [-0.4, -0.2) is 45.3 Å². The predicted molar refractivity (Wildman–Crippen MR) is 81.6 cm³/mol. The van der Waals surface area contributed by atoms with Crippen LogP contribution < -0.4 is 9.47 Å². The first-order valence-electron chi connectivity index (χ1n) is 6.98. The Morgan fingerprint density at radius 2 is 1.46 bits per heavy atom. The summed E-state index contributed by atoms with van der Waals surface area (Å²) >= 11 is 0. The minimum absolute atomic E-state index is 0.360. The monoisotopic (exact) mass is 340 g/mol. The van der Waals surface area contributed by atoms with Crippen molar-refractivity contribution in [3.05, 3.63) is 23.8 Å². The largest absolute Gasteiger partial charge is 0.493 e. The van der Waals surface area contributed by atoms with Crippen LogP contribution in [-0.2, 0) is 28.6 Å². The predicted octanol–water partition coefficient (Wildman–Crippen LogP) is 1.41. The van der Waals surface area contributed by atoms with Gasteiger partial charge >= 0.3 is 17.9 Å². The van der Waals surface area contributed by atoms with Crippen molar-refractivity contribution in [2.75, 3.05) is 21.3 Å². The van der Waals surface area contributed by atoms with Crippen LogP contribution in [0.2, 0.25) is 0 Å². The van der Waals surface area contributed by atoms with Gasteiger partial charge in [0.1, 0.15) is 0 Å². The third-order valence-corrected chi connectivity index (χ3v) is 3.03. The summed E-state index contributed by atoms with van der Waals surface area (Å²) in [5.41, 5.74) is 0.375. The van der Waals surface area contributed by atoms with Crippen molar-refractivity contribution < 1.29 is 38.1 Å². The second-order valence-electron chi connectivity index (χ2n) is 4.70. The Morgan fingerprint density at radius 1 is 0.875 bits per heavy atom. The van der Waals surface area contributed by atoms with Gasteiger partial charge < -0.3 is 23.7 Å². The highest BCUT2D eigenvalue weighted by Crippen LogP contribution is 2.33. The molecule has 8 heteroatoms. The van der Waals surface area contributed by atoms with Crippen molar-refractivity contribution in [1.82, 2.24) is 0 Å². The number of hydrogen-bond donors (Lipinski definition) is 0. The lowest BCUT2D eigenvalue weighted by Gasteiger charge is -2.25. The van der Waals surface area contributed by atoms with Gasteiger partial charge in [0.2, 0.25) is 6.10 Å². The zero-order chi connectivity index (χ0) is 18.3. The Balaban J connectivity index is 3.35. The first kappa shape index (κ1) is 19.3. The fourth-order valence-corrected chi connectivity index (χ4v) is 2.04. The number of ether oxygens (including phenoxy) is 5. The topological polar surface area (TPSA) is 97.4 Å². The molecule has 0 aliphatic rings. The van der Waals surface area contributed by atoms with Crippen molar-refractivity contribution in [1.29, 1.82) is 0 Å². The second-order valence-corrected chi connectivity index (χ2v) is 4.70. The molecule has 8 nitrogen and oxygen atoms in total. The third-order valence-electron chi connectivity index (χ3n) is 3.03. The van der Waals surface area contributed by atoms with Gasteiger partial charge in [-0.15, -0.1) is 0 Å². The fourth-order valence-electron chi connectivity index (χ4n) is 2.04. The third kappa shape index (κ3) is 4.87. The SMILES string of the molecule is COC(=O)[C@@H](OC(C)=O)[C@H](OC(C)=O)c1ccc(OC)c(OC)c1. The maximum atomic E-state index is 12.0. The van der Waals surface area contributed by atoms with E-state index in [1.807, 2.05) is 0 Å². The summed E-state index contributed by atoms with van der Waals surface area (Å²) in [5, 5.41) is 0. The molecule has 0 saturated carbocycles. The summed E-state index contributed by atoms with van der Waals surface area (Å²) < 4.78 is 25.1. The van der Waals surface area contributed by atoms with Crippen molar-refractivity contribution in [2.45, 2.75) is 26.1 Å². The lowest BCUT2D eigenvalue weighted by molar-refractivity contribution is -0.180. The van der Waals surface area contributed by atoms with E-state index in [0.717, 1.165) is 14.0 Å². The van der Waals surface area contributed by atoms with Gasteiger partial charge in [0.15, 0.2) is 17.6 Å². The molecule has 0 aromatic heterocycles. The second kappa shape index (κ2) is 8.76. The zero-order valence-corrected chi connectivity index (χ0v) is 14.2. The van der Waals surface area contributed by atoms with Gasteiger partial charge in [-0.3, -0.25) is 9.59 Å². The first-order chi connectivity index (χ1) is 11.3. The van der Waals surface area contributed by atoms with E-state index in [1.165, 1.54) is 27.2 Å². The van der Waals surface area contributed by atoms with Crippen LogP contribution in [0.15, 0.2) is 18.2 Å². The van der Waals surface area contributed by atoms with Gasteiger partial charge in [-0.25, -0.2) is 4.79 Å². The normalized spacial score (nSPS) is 12.5. The molecule has 0 radical (unpaired) electrons. The molecule has 0 spiro atoms. The molecule has 0 saturated heterocycles. The molecule has 1 aromatic carbocycles. The summed E-state index contributed by atoms with van der Waals surface area (Å²) in [6.07, 6.45) is -2.65. The van der Waals surface area contributed by atoms with E-state index >= 15 is 0 Å². The van der Waals surface area contributed by atoms with Gasteiger partial charge in [0.05, 0.1) is 21.3 Å². The van der Waals surface area contributed by atoms with Crippen molar-refractivity contribution in [2.24, 2.45) is 0 Å². The van der Waals surface area contributed by atoms with E-state index in [0.29, 0.717) is 17.1 Å². The molecular formula is C16H20O8. The summed E-state index contributed by atoms with van der Waals surface area (Å²) in [5.74, 6) is -1.42. The van der Waals surface area contributed by atoms with Crippen molar-refractivity contribution in [3.8, 4) is 11.5 Å². The number of carbonyl (C=O) groups excluding carboxylic acids is 3. The van der Waals surface area contributed by atoms with E-state index in [1.54, 1.807) is 12.1 Å². The quantitative estimate of drug-likeness (QED) is 0.543. The number of methoxy groups -OCH3 is 3. The van der Waals surface area contributed by atoms with Gasteiger partial charge in [0, 0.05) is 19.4 Å². The smallest absolute Gasteiger partial charge is 0.351 e. The molecule has 2 atom stereocenters. The number of carbonyl (C=O) groups is 3. The molecular weight excluding hydrogens is 320 g/mol. The van der Waals surface area contributed by atoms with Gasteiger partial charge in [-0.1, -0.05) is 6.07 Å². The average Bonchev–Trinajstić information content (AvgIpc) is 2.56. The van der Waals surface area contributed by atoms with Crippen LogP contribution in [0.5, 0.6) is 11.5 Å². The Morgan fingerprint density at radius 3 is 1.92 bits per heavy atom. The fraction of sp³-hybridized carbons (Fsp3) is 0.438. The van der Waals surface area contributed by atoms with Gasteiger partial charge in [0.25, 0.3) is 0 Å². The van der Waals surface area contributed by atoms with Crippen LogP contribution in [0, 0.1) is 0 Å². The van der Waals surface area contributed by atoms with E-state index in [9.17, 15) is 14.4 Å². The molecule has 1 aromatic rings. The van der Waals surface area contributed by atoms with Crippen LogP contribution >= 0.6 is 0 Å². The van der Waals surface area contributed by atoms with Crippen molar-refractivity contribution in [3.63, 3.8) is 0 Å². The molecule has 0 aliphatic carbocycles. The van der Waals surface area contributed by atoms with Crippen LogP contribution in [0.25, 0.3) is 0 Å². The molecule has 0 aliphatic heterocycles. The Bertz CT molecular complexity index is 610. The summed E-state index contributed by atoms with van der Waals surface area (Å²) in [7, 11) is 4.04. The zero-order valence-electron chi connectivity index (χ0n) is 14.2. The molecule has 0 heterocycles. The molecule has 24 heavy (non-hydrogen) atoms. The lowest BCUT2D eigenvalue weighted by Crippen LogP contribution is -2.36. The highest BCUT2D eigenvalue weighted by atomic mass is 16.6. The van der Waals surface area contributed by atoms with Crippen LogP contribution in [0.4, 0.5) is 0 Å². The number of esters is 3. The standard InChI is InChI=1S/C16H20O8/c1-9(17)23-14(15(16(19)22-5)24-10(2)18)11-6-7-12(20-3)13(8-11)21-4/h6-8,14-15H,1-5H3/t14-,15+/m1/s1. The van der Waals surface area contributed by atoms with E-state index in [-0.39, 0.29) is 0 Å². The van der Waals surface area contributed by atoms with Crippen molar-refractivity contribution >= 4 is 17.9 Å². The molecule has 132 valence electrons. The summed E-state index contributed by atoms with van der Waals surface area (Å²) in [6, 6.07) is 4.66. The minimum atomic E-state index is -1.45. The molecule has 0 N–H and O–H groups in total. The molecule has 0 fully saturated rings. The Labute approximate surface area is 139 Å². The first-order valence-corrected chi connectivity index (χ1v) is 6.98. The molecule has 0 amide bonds. The number of rotatable bonds is 7. The number of benzene rings is 1. The van der Waals surface area contributed by atoms with E-state index in [4.69, 9.17) is 18.9 Å². The average molecular weight is 340 g/mol. The lowest BCUT2D eigenvalue weighted by atomic mass is 10.0. The highest BCUT2D eigenvalue weighted by molar-refractivity contribution is 5.80. The van der Waals surface area contributed by atoms with Gasteiger partial charge in [-0.05, 0) is 12.1 Å². The molecule has 0 unspecified atom stereocenters. The molecule has 1 rings (SSSR count). The maximum Gasteiger partial charge on any atom is 0.351 e.